The fourth-order valence-corrected chi connectivity index (χ4v) is 4.06. The van der Waals surface area contributed by atoms with Gasteiger partial charge in [-0.1, -0.05) is 38.1 Å². The van der Waals surface area contributed by atoms with Gasteiger partial charge in [0.1, 0.15) is 0 Å². The zero-order valence-electron chi connectivity index (χ0n) is 13.8. The number of benzene rings is 1. The minimum absolute atomic E-state index is 0.215. The van der Waals surface area contributed by atoms with E-state index in [0.29, 0.717) is 23.7 Å². The summed E-state index contributed by atoms with van der Waals surface area (Å²) in [7, 11) is 0. The van der Waals surface area contributed by atoms with E-state index in [9.17, 15) is 3.89 Å². The minimum Gasteiger partial charge on any atom is -0.394 e. The van der Waals surface area contributed by atoms with Crippen molar-refractivity contribution in [2.45, 2.75) is 38.0 Å². The first-order valence-electron chi connectivity index (χ1n) is 7.61. The van der Waals surface area contributed by atoms with Gasteiger partial charge in [-0.2, -0.15) is 3.89 Å². The molecule has 0 saturated carbocycles. The topological polar surface area (TPSA) is 66.5 Å². The van der Waals surface area contributed by atoms with E-state index in [2.05, 4.69) is 24.3 Å². The number of hydrogen-bond acceptors (Lipinski definition) is 6. The minimum atomic E-state index is -0.903. The van der Waals surface area contributed by atoms with Gasteiger partial charge >= 0.3 is 0 Å². The van der Waals surface area contributed by atoms with Crippen LogP contribution in [0.2, 0.25) is 0 Å². The van der Waals surface area contributed by atoms with E-state index in [4.69, 9.17) is 15.9 Å². The van der Waals surface area contributed by atoms with Crippen molar-refractivity contribution in [2.75, 3.05) is 23.4 Å². The molecule has 1 rings (SSSR count). The summed E-state index contributed by atoms with van der Waals surface area (Å²) in [5.41, 5.74) is 7.32. The fraction of sp³-hybridized carbons (Fsp3) is 0.625. The number of nitrogens with two attached hydrogens (primary N) is 1. The lowest BCUT2D eigenvalue weighted by molar-refractivity contribution is 0.115. The Bertz CT molecular complexity index is 389. The quantitative estimate of drug-likeness (QED) is 0.400. The molecular formula is C16H28FNO2S3. The van der Waals surface area contributed by atoms with E-state index in [-0.39, 0.29) is 13.2 Å². The standard InChI is InChI=1S/C14H22FNO2S3.C2H6/c15-21-11-20-10-19-7-13-3-1-12(2-4-13)5-6-14(16,8-17)9-18;1-2/h1-4,17-18H,5-11,16H2;1-2H3. The molecule has 0 aliphatic heterocycles. The highest BCUT2D eigenvalue weighted by molar-refractivity contribution is 8.21. The normalized spacial score (nSPS) is 11.0. The average molecular weight is 382 g/mol. The molecule has 0 heterocycles. The predicted octanol–water partition coefficient (Wildman–Crippen LogP) is 3.83. The molecule has 0 fully saturated rings. The third kappa shape index (κ3) is 10.5. The first kappa shape index (κ1) is 23.1. The Hall–Kier alpha value is 0.0800. The van der Waals surface area contributed by atoms with Crippen LogP contribution < -0.4 is 5.73 Å². The SMILES string of the molecule is CC.NC(CO)(CO)CCc1ccc(CSCSCSF)cc1. The van der Waals surface area contributed by atoms with E-state index in [1.807, 2.05) is 13.8 Å². The Kier molecular flexibility index (Phi) is 14.5. The van der Waals surface area contributed by atoms with Crippen LogP contribution in [-0.4, -0.2) is 39.1 Å². The van der Waals surface area contributed by atoms with Crippen LogP contribution in [0.1, 0.15) is 31.4 Å². The van der Waals surface area contributed by atoms with E-state index in [1.165, 1.54) is 5.56 Å². The highest BCUT2D eigenvalue weighted by atomic mass is 32.2. The summed E-state index contributed by atoms with van der Waals surface area (Å²) in [5.74, 6) is 0.915. The lowest BCUT2D eigenvalue weighted by Gasteiger charge is -2.24. The Morgan fingerprint density at radius 1 is 1.00 bits per heavy atom. The van der Waals surface area contributed by atoms with Gasteiger partial charge in [0.2, 0.25) is 0 Å². The third-order valence-corrected chi connectivity index (χ3v) is 6.02. The van der Waals surface area contributed by atoms with Crippen molar-refractivity contribution in [3.05, 3.63) is 35.4 Å². The number of aryl methyl sites for hydroxylation is 1. The van der Waals surface area contributed by atoms with Gasteiger partial charge in [-0.3, -0.25) is 0 Å². The molecule has 0 atom stereocenters. The van der Waals surface area contributed by atoms with Crippen molar-refractivity contribution in [2.24, 2.45) is 5.73 Å². The lowest BCUT2D eigenvalue weighted by Crippen LogP contribution is -2.47. The number of aliphatic hydroxyl groups is 2. The van der Waals surface area contributed by atoms with Gasteiger partial charge in [0, 0.05) is 10.8 Å². The zero-order valence-corrected chi connectivity index (χ0v) is 16.3. The van der Waals surface area contributed by atoms with Crippen LogP contribution in [0.15, 0.2) is 24.3 Å². The van der Waals surface area contributed by atoms with Gasteiger partial charge in [-0.05, 0) is 24.0 Å². The Balaban J connectivity index is 0.00000232. The lowest BCUT2D eigenvalue weighted by atomic mass is 9.94. The summed E-state index contributed by atoms with van der Waals surface area (Å²) in [4.78, 5) is 0. The van der Waals surface area contributed by atoms with Crippen molar-refractivity contribution in [1.82, 2.24) is 0 Å². The van der Waals surface area contributed by atoms with Gasteiger partial charge in [-0.15, -0.1) is 23.5 Å². The molecular weight excluding hydrogens is 353 g/mol. The second-order valence-electron chi connectivity index (χ2n) is 4.89. The molecule has 1 aromatic rings. The maximum absolute atomic E-state index is 11.8. The van der Waals surface area contributed by atoms with Crippen LogP contribution in [0.25, 0.3) is 0 Å². The highest BCUT2D eigenvalue weighted by Crippen LogP contribution is 2.21. The second kappa shape index (κ2) is 14.4. The summed E-state index contributed by atoms with van der Waals surface area (Å²) in [6, 6.07) is 8.26. The summed E-state index contributed by atoms with van der Waals surface area (Å²) < 4.78 is 11.8. The number of hydrogen-bond donors (Lipinski definition) is 3. The maximum Gasteiger partial charge on any atom is 0.0716 e. The zero-order chi connectivity index (χ0) is 17.6. The molecule has 134 valence electrons. The fourth-order valence-electron chi connectivity index (χ4n) is 1.69. The first-order chi connectivity index (χ1) is 11.1. The molecule has 23 heavy (non-hydrogen) atoms. The Morgan fingerprint density at radius 3 is 2.09 bits per heavy atom. The predicted molar refractivity (Wildman–Crippen MR) is 105 cm³/mol. The van der Waals surface area contributed by atoms with Crippen LogP contribution in [-0.2, 0) is 12.2 Å². The Morgan fingerprint density at radius 2 is 1.57 bits per heavy atom. The number of halogens is 1. The van der Waals surface area contributed by atoms with Gasteiger partial charge in [0.15, 0.2) is 0 Å². The van der Waals surface area contributed by atoms with E-state index >= 15 is 0 Å². The summed E-state index contributed by atoms with van der Waals surface area (Å²) in [5, 5.41) is 19.7. The van der Waals surface area contributed by atoms with E-state index in [0.717, 1.165) is 22.8 Å². The number of aliphatic hydroxyl groups excluding tert-OH is 2. The molecule has 4 N–H and O–H groups in total. The van der Waals surface area contributed by atoms with E-state index < -0.39 is 5.54 Å². The second-order valence-corrected chi connectivity index (χ2v) is 8.10. The van der Waals surface area contributed by atoms with Gasteiger partial charge in [0.25, 0.3) is 0 Å². The van der Waals surface area contributed by atoms with E-state index in [1.54, 1.807) is 23.5 Å². The van der Waals surface area contributed by atoms with Crippen molar-refractivity contribution < 1.29 is 14.1 Å². The molecule has 0 unspecified atom stereocenters. The number of rotatable bonds is 11. The van der Waals surface area contributed by atoms with Crippen LogP contribution in [0.3, 0.4) is 0 Å². The molecule has 7 heteroatoms. The van der Waals surface area contributed by atoms with Crippen LogP contribution in [0, 0.1) is 0 Å². The summed E-state index contributed by atoms with van der Waals surface area (Å²) in [6.45, 7) is 3.57. The summed E-state index contributed by atoms with van der Waals surface area (Å²) in [6.07, 6.45) is 1.28. The molecule has 0 aromatic heterocycles. The first-order valence-corrected chi connectivity index (χ1v) is 10.8. The molecule has 0 radical (unpaired) electrons. The van der Waals surface area contributed by atoms with Crippen LogP contribution in [0.4, 0.5) is 3.89 Å². The van der Waals surface area contributed by atoms with Crippen LogP contribution in [0.5, 0.6) is 0 Å². The van der Waals surface area contributed by atoms with Crippen LogP contribution >= 0.6 is 35.7 Å². The van der Waals surface area contributed by atoms with Crippen molar-refractivity contribution in [3.63, 3.8) is 0 Å². The largest absolute Gasteiger partial charge is 0.394 e. The molecule has 0 bridgehead atoms. The van der Waals surface area contributed by atoms with Crippen molar-refractivity contribution in [3.8, 4) is 0 Å². The molecule has 1 aromatic carbocycles. The molecule has 0 aliphatic carbocycles. The molecule has 0 aliphatic rings. The molecule has 0 saturated heterocycles. The smallest absolute Gasteiger partial charge is 0.0716 e. The maximum atomic E-state index is 11.8. The number of thioether (sulfide) groups is 2. The Labute approximate surface area is 152 Å². The van der Waals surface area contributed by atoms with Gasteiger partial charge in [-0.25, -0.2) is 0 Å². The van der Waals surface area contributed by atoms with Gasteiger partial charge in [0.05, 0.1) is 36.0 Å². The molecule has 0 amide bonds. The molecule has 3 nitrogen and oxygen atoms in total. The van der Waals surface area contributed by atoms with Gasteiger partial charge < -0.3 is 15.9 Å². The average Bonchev–Trinajstić information content (AvgIpc) is 2.62. The van der Waals surface area contributed by atoms with Crippen molar-refractivity contribution >= 4 is 35.7 Å². The third-order valence-electron chi connectivity index (χ3n) is 3.13. The highest BCUT2D eigenvalue weighted by Gasteiger charge is 2.22. The van der Waals surface area contributed by atoms with Crippen molar-refractivity contribution in [1.29, 1.82) is 0 Å². The monoisotopic (exact) mass is 381 g/mol. The summed E-state index contributed by atoms with van der Waals surface area (Å²) >= 11 is 3.72. The molecule has 0 spiro atoms.